The summed E-state index contributed by atoms with van der Waals surface area (Å²) in [7, 11) is 1.36. The molecule has 0 bridgehead atoms. The Bertz CT molecular complexity index is 907. The lowest BCUT2D eigenvalue weighted by atomic mass is 10.1. The number of carbonyl (C=O) groups is 2. The van der Waals surface area contributed by atoms with Crippen LogP contribution in [0.4, 0.5) is 0 Å². The Balaban J connectivity index is 2.00. The number of methoxy groups -OCH3 is 1. The van der Waals surface area contributed by atoms with E-state index >= 15 is 0 Å². The predicted molar refractivity (Wildman–Crippen MR) is 116 cm³/mol. The molecule has 1 heterocycles. The van der Waals surface area contributed by atoms with Gasteiger partial charge in [-0.2, -0.15) is 0 Å². The molecule has 31 heavy (non-hydrogen) atoms. The summed E-state index contributed by atoms with van der Waals surface area (Å²) in [5, 5.41) is 13.1. The van der Waals surface area contributed by atoms with Gasteiger partial charge in [0.1, 0.15) is 24.0 Å². The van der Waals surface area contributed by atoms with Gasteiger partial charge in [0.05, 0.1) is 7.11 Å². The number of esters is 1. The summed E-state index contributed by atoms with van der Waals surface area (Å²) >= 11 is 6.00. The van der Waals surface area contributed by atoms with Gasteiger partial charge in [0.2, 0.25) is 0 Å². The summed E-state index contributed by atoms with van der Waals surface area (Å²) in [5.41, 5.74) is -0.250. The number of rotatable bonds is 10. The number of hydrogen-bond donors (Lipinski definition) is 2. The van der Waals surface area contributed by atoms with Crippen molar-refractivity contribution >= 4 is 23.5 Å². The number of pyridine rings is 1. The number of aromatic nitrogens is 1. The van der Waals surface area contributed by atoms with Crippen LogP contribution in [0.15, 0.2) is 36.5 Å². The third kappa shape index (κ3) is 6.75. The van der Waals surface area contributed by atoms with Crippen molar-refractivity contribution in [3.05, 3.63) is 47.2 Å². The fourth-order valence-corrected chi connectivity index (χ4v) is 3.02. The van der Waals surface area contributed by atoms with Crippen LogP contribution in [0, 0.1) is 0 Å². The average Bonchev–Trinajstić information content (AvgIpc) is 2.73. The zero-order chi connectivity index (χ0) is 23.0. The second kappa shape index (κ2) is 11.4. The molecule has 8 nitrogen and oxygen atoms in total. The Morgan fingerprint density at radius 1 is 1.26 bits per heavy atom. The third-order valence-corrected chi connectivity index (χ3v) is 4.74. The summed E-state index contributed by atoms with van der Waals surface area (Å²) in [5.74, 6) is -1.10. The first-order valence-corrected chi connectivity index (χ1v) is 10.3. The highest BCUT2D eigenvalue weighted by Gasteiger charge is 2.27. The van der Waals surface area contributed by atoms with E-state index in [4.69, 9.17) is 25.8 Å². The molecule has 0 aliphatic carbocycles. The summed E-state index contributed by atoms with van der Waals surface area (Å²) in [6, 6.07) is 7.42. The minimum absolute atomic E-state index is 0.101. The summed E-state index contributed by atoms with van der Waals surface area (Å²) in [4.78, 5) is 28.8. The first kappa shape index (κ1) is 24.3. The maximum Gasteiger partial charge on any atom is 0.328 e. The molecule has 0 saturated carbocycles. The molecule has 0 saturated heterocycles. The van der Waals surface area contributed by atoms with Crippen molar-refractivity contribution in [2.24, 2.45) is 0 Å². The molecule has 1 aromatic heterocycles. The Morgan fingerprint density at radius 2 is 2.00 bits per heavy atom. The van der Waals surface area contributed by atoms with E-state index < -0.39 is 29.8 Å². The van der Waals surface area contributed by atoms with E-state index in [0.717, 1.165) is 6.42 Å². The summed E-state index contributed by atoms with van der Waals surface area (Å²) < 4.78 is 16.4. The lowest BCUT2D eigenvalue weighted by Crippen LogP contribution is -2.43. The molecule has 9 heteroatoms. The molecule has 0 fully saturated rings. The molecule has 2 N–H and O–H groups in total. The average molecular weight is 451 g/mol. The van der Waals surface area contributed by atoms with Crippen LogP contribution >= 0.6 is 11.6 Å². The van der Waals surface area contributed by atoms with Gasteiger partial charge in [0.25, 0.3) is 5.91 Å². The molecular formula is C22H27ClN2O6. The van der Waals surface area contributed by atoms with Gasteiger partial charge < -0.3 is 24.6 Å². The quantitative estimate of drug-likeness (QED) is 0.531. The Labute approximate surface area is 186 Å². The van der Waals surface area contributed by atoms with Crippen molar-refractivity contribution in [1.29, 1.82) is 0 Å². The first-order valence-electron chi connectivity index (χ1n) is 9.92. The van der Waals surface area contributed by atoms with Crippen molar-refractivity contribution in [3.63, 3.8) is 0 Å². The zero-order valence-electron chi connectivity index (χ0n) is 17.9. The third-order valence-electron chi connectivity index (χ3n) is 4.51. The fraction of sp³-hybridized carbons (Fsp3) is 0.409. The van der Waals surface area contributed by atoms with Crippen LogP contribution in [-0.2, 0) is 9.53 Å². The van der Waals surface area contributed by atoms with E-state index in [1.807, 2.05) is 6.92 Å². The molecule has 0 unspecified atom stereocenters. The number of amides is 1. The second-order valence-electron chi connectivity index (χ2n) is 6.95. The molecule has 1 aromatic carbocycles. The standard InChI is InChI=1S/C22H27ClN2O6/c1-5-7-17(31-16-9-6-8-15(23)12-16)14(3)30-22(28)13(2)25-21(27)19-20(26)18(29-4)10-11-24-19/h6,8-14,17,26H,5,7H2,1-4H3,(H,25,27)/t13-,14-,17+/m0/s1. The van der Waals surface area contributed by atoms with Crippen LogP contribution in [0.25, 0.3) is 0 Å². The maximum atomic E-state index is 12.5. The van der Waals surface area contributed by atoms with Crippen LogP contribution in [0.3, 0.4) is 0 Å². The van der Waals surface area contributed by atoms with Crippen LogP contribution < -0.4 is 14.8 Å². The van der Waals surface area contributed by atoms with E-state index in [9.17, 15) is 14.7 Å². The van der Waals surface area contributed by atoms with E-state index in [0.29, 0.717) is 17.2 Å². The molecule has 0 aliphatic heterocycles. The number of aromatic hydroxyl groups is 1. The Hall–Kier alpha value is -3.00. The summed E-state index contributed by atoms with van der Waals surface area (Å²) in [6.45, 7) is 5.21. The van der Waals surface area contributed by atoms with Gasteiger partial charge in [0.15, 0.2) is 17.2 Å². The van der Waals surface area contributed by atoms with Gasteiger partial charge in [-0.15, -0.1) is 0 Å². The number of hydrogen-bond acceptors (Lipinski definition) is 7. The largest absolute Gasteiger partial charge is 0.503 e. The Morgan fingerprint density at radius 3 is 2.65 bits per heavy atom. The van der Waals surface area contributed by atoms with Gasteiger partial charge in [-0.25, -0.2) is 9.78 Å². The lowest BCUT2D eigenvalue weighted by Gasteiger charge is -2.26. The molecule has 0 aliphatic rings. The molecule has 0 spiro atoms. The first-order chi connectivity index (χ1) is 14.8. The minimum atomic E-state index is -0.976. The number of ether oxygens (including phenoxy) is 3. The van der Waals surface area contributed by atoms with Gasteiger partial charge in [-0.1, -0.05) is 31.0 Å². The normalized spacial score (nSPS) is 13.6. The number of nitrogens with one attached hydrogen (secondary N) is 1. The van der Waals surface area contributed by atoms with Gasteiger partial charge >= 0.3 is 5.97 Å². The van der Waals surface area contributed by atoms with E-state index in [-0.39, 0.29) is 17.5 Å². The van der Waals surface area contributed by atoms with Crippen molar-refractivity contribution in [3.8, 4) is 17.2 Å². The zero-order valence-corrected chi connectivity index (χ0v) is 18.7. The highest BCUT2D eigenvalue weighted by atomic mass is 35.5. The smallest absolute Gasteiger partial charge is 0.328 e. The second-order valence-corrected chi connectivity index (χ2v) is 7.39. The van der Waals surface area contributed by atoms with Crippen LogP contribution in [0.2, 0.25) is 5.02 Å². The highest BCUT2D eigenvalue weighted by molar-refractivity contribution is 6.30. The number of benzene rings is 1. The van der Waals surface area contributed by atoms with Gasteiger partial charge in [-0.3, -0.25) is 4.79 Å². The lowest BCUT2D eigenvalue weighted by molar-refractivity contribution is -0.154. The fourth-order valence-electron chi connectivity index (χ4n) is 2.84. The molecule has 168 valence electrons. The Kier molecular flexibility index (Phi) is 8.93. The number of halogens is 1. The van der Waals surface area contributed by atoms with E-state index in [1.165, 1.54) is 26.3 Å². The van der Waals surface area contributed by atoms with Crippen LogP contribution in [-0.4, -0.2) is 47.3 Å². The molecular weight excluding hydrogens is 424 g/mol. The SMILES string of the molecule is CCC[C@@H](Oc1cccc(Cl)c1)[C@H](C)OC(=O)[C@H](C)NC(=O)c1nccc(OC)c1O. The molecule has 2 aromatic rings. The topological polar surface area (TPSA) is 107 Å². The predicted octanol–water partition coefficient (Wildman–Crippen LogP) is 3.75. The van der Waals surface area contributed by atoms with Gasteiger partial charge in [-0.05, 0) is 38.5 Å². The number of nitrogens with zero attached hydrogens (tertiary/aromatic N) is 1. The van der Waals surface area contributed by atoms with Crippen molar-refractivity contribution in [2.75, 3.05) is 7.11 Å². The monoisotopic (exact) mass is 450 g/mol. The molecule has 3 atom stereocenters. The molecule has 2 rings (SSSR count). The minimum Gasteiger partial charge on any atom is -0.503 e. The van der Waals surface area contributed by atoms with Crippen LogP contribution in [0.1, 0.15) is 44.1 Å². The molecule has 0 radical (unpaired) electrons. The summed E-state index contributed by atoms with van der Waals surface area (Å²) in [6.07, 6.45) is 1.83. The van der Waals surface area contributed by atoms with Gasteiger partial charge in [0, 0.05) is 17.3 Å². The van der Waals surface area contributed by atoms with Crippen molar-refractivity contribution in [1.82, 2.24) is 10.3 Å². The van der Waals surface area contributed by atoms with E-state index in [2.05, 4.69) is 10.3 Å². The van der Waals surface area contributed by atoms with Crippen molar-refractivity contribution < 1.29 is 28.9 Å². The van der Waals surface area contributed by atoms with E-state index in [1.54, 1.807) is 31.2 Å². The molecule has 1 amide bonds. The van der Waals surface area contributed by atoms with Crippen molar-refractivity contribution in [2.45, 2.75) is 51.9 Å². The van der Waals surface area contributed by atoms with Crippen LogP contribution in [0.5, 0.6) is 17.2 Å². The highest BCUT2D eigenvalue weighted by Crippen LogP contribution is 2.27. The maximum absolute atomic E-state index is 12.5. The number of carbonyl (C=O) groups excluding carboxylic acids is 2.